The van der Waals surface area contributed by atoms with Crippen LogP contribution in [0.2, 0.25) is 0 Å². The third kappa shape index (κ3) is 2.61. The van der Waals surface area contributed by atoms with Crippen LogP contribution >= 0.6 is 0 Å². The number of aryl methyl sites for hydroxylation is 1. The van der Waals surface area contributed by atoms with Gasteiger partial charge in [-0.1, -0.05) is 48.0 Å². The maximum absolute atomic E-state index is 13.0. The summed E-state index contributed by atoms with van der Waals surface area (Å²) in [7, 11) is 0. The van der Waals surface area contributed by atoms with Crippen molar-refractivity contribution in [3.63, 3.8) is 0 Å². The van der Waals surface area contributed by atoms with E-state index in [-0.39, 0.29) is 12.3 Å². The molecule has 1 heterocycles. The molecule has 0 saturated heterocycles. The summed E-state index contributed by atoms with van der Waals surface area (Å²) in [5.41, 5.74) is 2.65. The summed E-state index contributed by atoms with van der Waals surface area (Å²) < 4.78 is 0. The zero-order chi connectivity index (χ0) is 16.6. The molecule has 1 aliphatic rings. The molecule has 0 bridgehead atoms. The van der Waals surface area contributed by atoms with E-state index in [0.717, 1.165) is 22.4 Å². The average Bonchev–Trinajstić information content (AvgIpc) is 2.70. The van der Waals surface area contributed by atoms with Crippen LogP contribution in [0.4, 0.5) is 5.69 Å². The molecule has 1 N–H and O–H groups in total. The summed E-state index contributed by atoms with van der Waals surface area (Å²) >= 11 is 0. The van der Waals surface area contributed by atoms with Crippen LogP contribution in [-0.2, 0) is 21.5 Å². The largest absolute Gasteiger partial charge is 0.481 e. The maximum Gasteiger partial charge on any atom is 0.304 e. The smallest absolute Gasteiger partial charge is 0.304 e. The molecule has 118 valence electrons. The SMILES string of the molecule is Cc1ccc2c(c1)C(C)(CC(=O)O)C(=O)N2Cc1ccccc1. The van der Waals surface area contributed by atoms with Crippen molar-refractivity contribution in [2.45, 2.75) is 32.2 Å². The first-order chi connectivity index (χ1) is 10.9. The lowest BCUT2D eigenvalue weighted by Crippen LogP contribution is -2.39. The summed E-state index contributed by atoms with van der Waals surface area (Å²) in [4.78, 5) is 26.0. The highest BCUT2D eigenvalue weighted by Crippen LogP contribution is 2.44. The standard InChI is InChI=1S/C19H19NO3/c1-13-8-9-16-15(10-13)19(2,11-17(21)22)18(23)20(16)12-14-6-4-3-5-7-14/h3-10H,11-12H2,1-2H3,(H,21,22). The minimum absolute atomic E-state index is 0.149. The number of carboxylic acid groups (broad SMARTS) is 1. The molecule has 0 aliphatic carbocycles. The molecule has 1 amide bonds. The van der Waals surface area contributed by atoms with E-state index in [2.05, 4.69) is 0 Å². The van der Waals surface area contributed by atoms with Gasteiger partial charge in [0.1, 0.15) is 0 Å². The number of fused-ring (bicyclic) bond motifs is 1. The van der Waals surface area contributed by atoms with Crippen molar-refractivity contribution in [1.29, 1.82) is 0 Å². The van der Waals surface area contributed by atoms with Crippen molar-refractivity contribution in [2.24, 2.45) is 0 Å². The van der Waals surface area contributed by atoms with Gasteiger partial charge in [-0.05, 0) is 31.0 Å². The zero-order valence-corrected chi connectivity index (χ0v) is 13.2. The van der Waals surface area contributed by atoms with Crippen LogP contribution in [0.1, 0.15) is 30.0 Å². The highest BCUT2D eigenvalue weighted by atomic mass is 16.4. The normalized spacial score (nSPS) is 19.7. The van der Waals surface area contributed by atoms with E-state index < -0.39 is 11.4 Å². The van der Waals surface area contributed by atoms with Crippen LogP contribution in [0.15, 0.2) is 48.5 Å². The van der Waals surface area contributed by atoms with Gasteiger partial charge in [0.15, 0.2) is 0 Å². The molecule has 4 heteroatoms. The van der Waals surface area contributed by atoms with Crippen molar-refractivity contribution in [3.8, 4) is 0 Å². The maximum atomic E-state index is 13.0. The molecule has 0 fully saturated rings. The molecular formula is C19H19NO3. The van der Waals surface area contributed by atoms with Crippen molar-refractivity contribution in [3.05, 3.63) is 65.2 Å². The van der Waals surface area contributed by atoms with Crippen molar-refractivity contribution in [2.75, 3.05) is 4.90 Å². The Balaban J connectivity index is 2.06. The third-order valence-corrected chi connectivity index (χ3v) is 4.44. The van der Waals surface area contributed by atoms with Crippen LogP contribution in [0, 0.1) is 6.92 Å². The Kier molecular flexibility index (Phi) is 3.68. The van der Waals surface area contributed by atoms with Crippen molar-refractivity contribution in [1.82, 2.24) is 0 Å². The van der Waals surface area contributed by atoms with Crippen molar-refractivity contribution >= 4 is 17.6 Å². The number of rotatable bonds is 4. The number of carbonyl (C=O) groups is 2. The lowest BCUT2D eigenvalue weighted by Gasteiger charge is -2.23. The van der Waals surface area contributed by atoms with Gasteiger partial charge in [0.2, 0.25) is 5.91 Å². The quantitative estimate of drug-likeness (QED) is 0.943. The molecule has 0 radical (unpaired) electrons. The molecular weight excluding hydrogens is 290 g/mol. The van der Waals surface area contributed by atoms with Gasteiger partial charge < -0.3 is 10.0 Å². The van der Waals surface area contributed by atoms with Crippen LogP contribution in [0.5, 0.6) is 0 Å². The van der Waals surface area contributed by atoms with Gasteiger partial charge in [-0.25, -0.2) is 0 Å². The molecule has 2 aromatic carbocycles. The van der Waals surface area contributed by atoms with E-state index in [1.807, 2.05) is 55.5 Å². The number of nitrogens with zero attached hydrogens (tertiary/aromatic N) is 1. The molecule has 3 rings (SSSR count). The van der Waals surface area contributed by atoms with E-state index in [9.17, 15) is 14.7 Å². The first-order valence-electron chi connectivity index (χ1n) is 7.60. The van der Waals surface area contributed by atoms with Gasteiger partial charge >= 0.3 is 5.97 Å². The number of carbonyl (C=O) groups excluding carboxylic acids is 1. The first kappa shape index (κ1) is 15.3. The van der Waals surface area contributed by atoms with E-state index in [0.29, 0.717) is 6.54 Å². The lowest BCUT2D eigenvalue weighted by molar-refractivity contribution is -0.141. The lowest BCUT2D eigenvalue weighted by atomic mass is 9.80. The van der Waals surface area contributed by atoms with E-state index in [4.69, 9.17) is 0 Å². The summed E-state index contributed by atoms with van der Waals surface area (Å²) in [5, 5.41) is 9.26. The second kappa shape index (κ2) is 5.54. The summed E-state index contributed by atoms with van der Waals surface area (Å²) in [6.07, 6.45) is -0.201. The van der Waals surface area contributed by atoms with Gasteiger partial charge in [0.05, 0.1) is 18.4 Å². The number of amides is 1. The fraction of sp³-hybridized carbons (Fsp3) is 0.263. The number of hydrogen-bond donors (Lipinski definition) is 1. The minimum atomic E-state index is -1.01. The number of aliphatic carboxylic acids is 1. The fourth-order valence-electron chi connectivity index (χ4n) is 3.25. The monoisotopic (exact) mass is 309 g/mol. The second-order valence-electron chi connectivity index (χ2n) is 6.30. The predicted octanol–water partition coefficient (Wildman–Crippen LogP) is 3.27. The molecule has 1 aliphatic heterocycles. The zero-order valence-electron chi connectivity index (χ0n) is 13.2. The van der Waals surface area contributed by atoms with Gasteiger partial charge in [-0.2, -0.15) is 0 Å². The molecule has 23 heavy (non-hydrogen) atoms. The number of carboxylic acids is 1. The molecule has 0 aromatic heterocycles. The first-order valence-corrected chi connectivity index (χ1v) is 7.60. The Hall–Kier alpha value is -2.62. The Morgan fingerprint density at radius 2 is 1.87 bits per heavy atom. The topological polar surface area (TPSA) is 57.6 Å². The highest BCUT2D eigenvalue weighted by molar-refractivity contribution is 6.09. The summed E-state index contributed by atoms with van der Waals surface area (Å²) in [6.45, 7) is 4.13. The number of hydrogen-bond acceptors (Lipinski definition) is 2. The Morgan fingerprint density at radius 1 is 1.17 bits per heavy atom. The minimum Gasteiger partial charge on any atom is -0.481 e. The third-order valence-electron chi connectivity index (χ3n) is 4.44. The Morgan fingerprint density at radius 3 is 2.52 bits per heavy atom. The number of benzene rings is 2. The van der Waals surface area contributed by atoms with Crippen LogP contribution < -0.4 is 4.90 Å². The highest BCUT2D eigenvalue weighted by Gasteiger charge is 2.48. The van der Waals surface area contributed by atoms with E-state index in [1.54, 1.807) is 11.8 Å². The summed E-state index contributed by atoms with van der Waals surface area (Å²) in [6, 6.07) is 15.5. The predicted molar refractivity (Wildman–Crippen MR) is 88.4 cm³/mol. The van der Waals surface area contributed by atoms with Gasteiger partial charge in [-0.15, -0.1) is 0 Å². The van der Waals surface area contributed by atoms with Gasteiger partial charge in [-0.3, -0.25) is 9.59 Å². The number of anilines is 1. The molecule has 2 aromatic rings. The molecule has 1 atom stereocenters. The van der Waals surface area contributed by atoms with Gasteiger partial charge in [0, 0.05) is 5.69 Å². The Bertz CT molecular complexity index is 769. The van der Waals surface area contributed by atoms with Crippen LogP contribution in [0.3, 0.4) is 0 Å². The van der Waals surface area contributed by atoms with Gasteiger partial charge in [0.25, 0.3) is 0 Å². The molecule has 0 saturated carbocycles. The molecule has 4 nitrogen and oxygen atoms in total. The van der Waals surface area contributed by atoms with E-state index >= 15 is 0 Å². The van der Waals surface area contributed by atoms with Crippen LogP contribution in [0.25, 0.3) is 0 Å². The fourth-order valence-corrected chi connectivity index (χ4v) is 3.25. The van der Waals surface area contributed by atoms with E-state index in [1.165, 1.54) is 0 Å². The Labute approximate surface area is 135 Å². The van der Waals surface area contributed by atoms with Crippen molar-refractivity contribution < 1.29 is 14.7 Å². The second-order valence-corrected chi connectivity index (χ2v) is 6.30. The average molecular weight is 309 g/mol. The summed E-state index contributed by atoms with van der Waals surface area (Å²) in [5.74, 6) is -1.11. The molecule has 1 unspecified atom stereocenters. The molecule has 0 spiro atoms. The van der Waals surface area contributed by atoms with Crippen LogP contribution in [-0.4, -0.2) is 17.0 Å².